The van der Waals surface area contributed by atoms with E-state index in [1.807, 2.05) is 18.2 Å². The van der Waals surface area contributed by atoms with Gasteiger partial charge in [-0.1, -0.05) is 115 Å². The van der Waals surface area contributed by atoms with Crippen LogP contribution in [-0.2, 0) is 0 Å². The van der Waals surface area contributed by atoms with Crippen molar-refractivity contribution in [2.24, 2.45) is 0 Å². The summed E-state index contributed by atoms with van der Waals surface area (Å²) in [6, 6.07) is 64.2. The van der Waals surface area contributed by atoms with Gasteiger partial charge in [-0.25, -0.2) is 0 Å². The maximum absolute atomic E-state index is 6.91. The standard InChI is InChI=1S/C48H30N2O2/c1-3-13-31(14-4-1)32-23-25-34(26-24-32)49(35-27-28-37-36-17-8-11-21-43(36)51-45(37)29-35)41-30-42-46(48-47(41)39-19-9-12-22-44(39)52-48)38-18-7-10-20-40(38)50(42)33-15-5-2-6-16-33/h1-30H. The average molecular weight is 667 g/mol. The summed E-state index contributed by atoms with van der Waals surface area (Å²) in [4.78, 5) is 2.36. The van der Waals surface area contributed by atoms with Gasteiger partial charge in [-0.3, -0.25) is 0 Å². The van der Waals surface area contributed by atoms with Crippen LogP contribution in [-0.4, -0.2) is 4.57 Å². The molecule has 4 heteroatoms. The van der Waals surface area contributed by atoms with Crippen molar-refractivity contribution in [3.8, 4) is 16.8 Å². The molecule has 52 heavy (non-hydrogen) atoms. The van der Waals surface area contributed by atoms with E-state index in [4.69, 9.17) is 8.83 Å². The van der Waals surface area contributed by atoms with E-state index in [1.54, 1.807) is 0 Å². The second kappa shape index (κ2) is 11.2. The molecular formula is C48H30N2O2. The number of furan rings is 2. The quantitative estimate of drug-likeness (QED) is 0.183. The summed E-state index contributed by atoms with van der Waals surface area (Å²) in [6.07, 6.45) is 0. The van der Waals surface area contributed by atoms with Gasteiger partial charge < -0.3 is 18.3 Å². The molecule has 11 aromatic rings. The molecule has 0 unspecified atom stereocenters. The molecule has 0 amide bonds. The molecular weight excluding hydrogens is 637 g/mol. The minimum Gasteiger partial charge on any atom is -0.456 e. The van der Waals surface area contributed by atoms with Crippen LogP contribution in [0, 0.1) is 0 Å². The number of aromatic nitrogens is 1. The van der Waals surface area contributed by atoms with Gasteiger partial charge in [-0.05, 0) is 71.8 Å². The van der Waals surface area contributed by atoms with E-state index < -0.39 is 0 Å². The van der Waals surface area contributed by atoms with Crippen LogP contribution in [0.5, 0.6) is 0 Å². The van der Waals surface area contributed by atoms with Gasteiger partial charge in [0, 0.05) is 44.7 Å². The van der Waals surface area contributed by atoms with E-state index in [9.17, 15) is 0 Å². The second-order valence-corrected chi connectivity index (χ2v) is 13.3. The molecule has 8 aromatic carbocycles. The van der Waals surface area contributed by atoms with E-state index >= 15 is 0 Å². The van der Waals surface area contributed by atoms with Gasteiger partial charge in [-0.15, -0.1) is 0 Å². The van der Waals surface area contributed by atoms with Crippen molar-refractivity contribution in [3.63, 3.8) is 0 Å². The highest BCUT2D eigenvalue weighted by Crippen LogP contribution is 2.49. The molecule has 0 saturated carbocycles. The lowest BCUT2D eigenvalue weighted by molar-refractivity contribution is 0.669. The maximum atomic E-state index is 6.91. The minimum absolute atomic E-state index is 0.845. The van der Waals surface area contributed by atoms with Gasteiger partial charge in [0.2, 0.25) is 0 Å². The highest BCUT2D eigenvalue weighted by atomic mass is 16.3. The minimum atomic E-state index is 0.845. The van der Waals surface area contributed by atoms with Crippen molar-refractivity contribution in [2.45, 2.75) is 0 Å². The van der Waals surface area contributed by atoms with Crippen LogP contribution in [0.1, 0.15) is 0 Å². The Bertz CT molecular complexity index is 3110. The lowest BCUT2D eigenvalue weighted by Gasteiger charge is -2.27. The fourth-order valence-electron chi connectivity index (χ4n) is 8.06. The first-order chi connectivity index (χ1) is 25.8. The predicted octanol–water partition coefficient (Wildman–Crippen LogP) is 13.7. The van der Waals surface area contributed by atoms with Crippen molar-refractivity contribution in [1.82, 2.24) is 4.57 Å². The molecule has 0 radical (unpaired) electrons. The monoisotopic (exact) mass is 666 g/mol. The van der Waals surface area contributed by atoms with E-state index in [1.165, 1.54) is 5.56 Å². The fourth-order valence-corrected chi connectivity index (χ4v) is 8.06. The molecule has 3 heterocycles. The summed E-state index contributed by atoms with van der Waals surface area (Å²) < 4.78 is 15.7. The molecule has 3 aromatic heterocycles. The molecule has 11 rings (SSSR count). The van der Waals surface area contributed by atoms with Gasteiger partial charge in [-0.2, -0.15) is 0 Å². The third-order valence-corrected chi connectivity index (χ3v) is 10.4. The average Bonchev–Trinajstić information content (AvgIpc) is 3.88. The number of hydrogen-bond donors (Lipinski definition) is 0. The third kappa shape index (κ3) is 4.28. The highest BCUT2D eigenvalue weighted by Gasteiger charge is 2.26. The van der Waals surface area contributed by atoms with Crippen molar-refractivity contribution in [3.05, 3.63) is 182 Å². The van der Waals surface area contributed by atoms with E-state index in [2.05, 4.69) is 173 Å². The number of benzene rings is 8. The normalized spacial score (nSPS) is 11.8. The number of para-hydroxylation sites is 4. The smallest absolute Gasteiger partial charge is 0.147 e. The molecule has 0 spiro atoms. The van der Waals surface area contributed by atoms with Crippen LogP contribution in [0.4, 0.5) is 17.1 Å². The zero-order valence-corrected chi connectivity index (χ0v) is 28.0. The van der Waals surface area contributed by atoms with Crippen molar-refractivity contribution in [2.75, 3.05) is 4.90 Å². The topological polar surface area (TPSA) is 34.5 Å². The largest absolute Gasteiger partial charge is 0.456 e. The second-order valence-electron chi connectivity index (χ2n) is 13.3. The van der Waals surface area contributed by atoms with Gasteiger partial charge in [0.25, 0.3) is 0 Å². The molecule has 0 aliphatic carbocycles. The molecule has 0 saturated heterocycles. The number of rotatable bonds is 5. The highest BCUT2D eigenvalue weighted by molar-refractivity contribution is 6.28. The van der Waals surface area contributed by atoms with Crippen molar-refractivity contribution in [1.29, 1.82) is 0 Å². The molecule has 0 fully saturated rings. The van der Waals surface area contributed by atoms with Crippen LogP contribution in [0.2, 0.25) is 0 Å². The lowest BCUT2D eigenvalue weighted by atomic mass is 10.0. The maximum Gasteiger partial charge on any atom is 0.147 e. The SMILES string of the molecule is c1ccc(-c2ccc(N(c3ccc4c(c3)oc3ccccc34)c3cc4c(c5ccccc5n4-c4ccccc4)c4oc5ccccc5c34)cc2)cc1. The number of fused-ring (bicyclic) bond motifs is 10. The Morgan fingerprint density at radius 2 is 0.981 bits per heavy atom. The summed E-state index contributed by atoms with van der Waals surface area (Å²) in [6.45, 7) is 0. The Labute approximate surface area is 299 Å². The summed E-state index contributed by atoms with van der Waals surface area (Å²) >= 11 is 0. The van der Waals surface area contributed by atoms with Crippen molar-refractivity contribution < 1.29 is 8.83 Å². The molecule has 0 N–H and O–H groups in total. The summed E-state index contributed by atoms with van der Waals surface area (Å²) in [7, 11) is 0. The first-order valence-electron chi connectivity index (χ1n) is 17.6. The van der Waals surface area contributed by atoms with E-state index in [0.29, 0.717) is 0 Å². The van der Waals surface area contributed by atoms with E-state index in [-0.39, 0.29) is 0 Å². The van der Waals surface area contributed by atoms with Crippen LogP contribution < -0.4 is 4.90 Å². The Kier molecular flexibility index (Phi) is 6.22. The Hall–Kier alpha value is -7.04. The summed E-state index contributed by atoms with van der Waals surface area (Å²) in [5.41, 5.74) is 12.1. The number of anilines is 3. The number of hydrogen-bond acceptors (Lipinski definition) is 3. The Morgan fingerprint density at radius 3 is 1.77 bits per heavy atom. The van der Waals surface area contributed by atoms with Gasteiger partial charge >= 0.3 is 0 Å². The molecule has 0 aliphatic rings. The number of nitrogens with zero attached hydrogens (tertiary/aromatic N) is 2. The van der Waals surface area contributed by atoms with Gasteiger partial charge in [0.05, 0.1) is 27.5 Å². The van der Waals surface area contributed by atoms with Crippen LogP contribution in [0.15, 0.2) is 191 Å². The van der Waals surface area contributed by atoms with Crippen molar-refractivity contribution >= 4 is 82.7 Å². The summed E-state index contributed by atoms with van der Waals surface area (Å²) in [5, 5.41) is 6.59. The third-order valence-electron chi connectivity index (χ3n) is 10.4. The van der Waals surface area contributed by atoms with Crippen LogP contribution in [0.25, 0.3) is 82.5 Å². The molecule has 244 valence electrons. The first-order valence-corrected chi connectivity index (χ1v) is 17.6. The Morgan fingerprint density at radius 1 is 0.385 bits per heavy atom. The predicted molar refractivity (Wildman–Crippen MR) is 215 cm³/mol. The van der Waals surface area contributed by atoms with Crippen LogP contribution >= 0.6 is 0 Å². The Balaban J connectivity index is 1.26. The fraction of sp³-hybridized carbons (Fsp3) is 0. The molecule has 0 atom stereocenters. The molecule has 0 aliphatic heterocycles. The first kappa shape index (κ1) is 28.8. The molecule has 0 bridgehead atoms. The van der Waals surface area contributed by atoms with Gasteiger partial charge in [0.15, 0.2) is 0 Å². The van der Waals surface area contributed by atoms with E-state index in [0.717, 1.165) is 94.0 Å². The van der Waals surface area contributed by atoms with Gasteiger partial charge in [0.1, 0.15) is 22.3 Å². The lowest BCUT2D eigenvalue weighted by Crippen LogP contribution is -2.10. The molecule has 4 nitrogen and oxygen atoms in total. The van der Waals surface area contributed by atoms with Crippen LogP contribution in [0.3, 0.4) is 0 Å². The summed E-state index contributed by atoms with van der Waals surface area (Å²) in [5.74, 6) is 0. The zero-order chi connectivity index (χ0) is 34.2. The zero-order valence-electron chi connectivity index (χ0n) is 28.0.